The molecule has 5 aliphatic heterocycles. The number of nitrogens with zero attached hydrogens (tertiary/aromatic N) is 6. The number of hydrogen-bond acceptors (Lipinski definition) is 6. The Morgan fingerprint density at radius 2 is 0.864 bits per heavy atom. The van der Waals surface area contributed by atoms with Crippen LogP contribution >= 0.6 is 0 Å². The van der Waals surface area contributed by atoms with Crippen molar-refractivity contribution < 1.29 is 0 Å². The van der Waals surface area contributed by atoms with Gasteiger partial charge in [-0.25, -0.2) is 0 Å². The van der Waals surface area contributed by atoms with Gasteiger partial charge in [0.15, 0.2) is 0 Å². The van der Waals surface area contributed by atoms with E-state index in [9.17, 15) is 0 Å². The summed E-state index contributed by atoms with van der Waals surface area (Å²) in [5, 5.41) is 0. The van der Waals surface area contributed by atoms with Gasteiger partial charge in [-0.05, 0) is 211 Å². The first-order chi connectivity index (χ1) is 20.2. The molecule has 0 aromatic rings. The number of piperidine rings is 3. The quantitative estimate of drug-likeness (QED) is 0.351. The van der Waals surface area contributed by atoms with Gasteiger partial charge in [-0.3, -0.25) is 14.7 Å². The van der Waals surface area contributed by atoms with Gasteiger partial charge in [0.25, 0.3) is 0 Å². The van der Waals surface area contributed by atoms with Crippen LogP contribution in [0.5, 0.6) is 0 Å². The van der Waals surface area contributed by atoms with E-state index < -0.39 is 0 Å². The van der Waals surface area contributed by atoms with E-state index in [1.165, 1.54) is 123 Å². The molecule has 0 atom stereocenters. The zero-order valence-electron chi connectivity index (χ0n) is 32.2. The molecule has 0 amide bonds. The highest BCUT2D eigenvalue weighted by molar-refractivity contribution is 4.97. The fourth-order valence-electron chi connectivity index (χ4n) is 8.53. The molecule has 0 unspecified atom stereocenters. The number of rotatable bonds is 2. The molecule has 0 bridgehead atoms. The van der Waals surface area contributed by atoms with Crippen LogP contribution < -0.4 is 0 Å². The third-order valence-electron chi connectivity index (χ3n) is 12.0. The second kappa shape index (κ2) is 15.3. The maximum atomic E-state index is 2.68. The molecule has 5 rings (SSSR count). The minimum atomic E-state index is 0.364. The highest BCUT2D eigenvalue weighted by Gasteiger charge is 2.43. The standard InChI is InChI=1S/2C13H26N2.C12H26N2/c1-12(2,3)15-9-6-13(7-10-15)5-8-14(4)11-13;1-12(2,3)15-10-7-13(11-15)5-8-14(4)9-6-13;1-12(2,3)14-8-6-11(7-9-14)10-13(4)5/h2*5-11H2,1-4H3;11H,6-10H2,1-5H3. The second-order valence-corrected chi connectivity index (χ2v) is 19.2. The third-order valence-corrected chi connectivity index (χ3v) is 12.0. The first-order valence-electron chi connectivity index (χ1n) is 18.5. The first kappa shape index (κ1) is 38.2. The van der Waals surface area contributed by atoms with Crippen molar-refractivity contribution in [3.8, 4) is 0 Å². The third kappa shape index (κ3) is 11.5. The summed E-state index contributed by atoms with van der Waals surface area (Å²) in [4.78, 5) is 15.2. The lowest BCUT2D eigenvalue weighted by atomic mass is 9.77. The molecule has 6 heteroatoms. The van der Waals surface area contributed by atoms with Crippen LogP contribution in [0, 0.1) is 16.7 Å². The lowest BCUT2D eigenvalue weighted by Gasteiger charge is -2.45. The lowest BCUT2D eigenvalue weighted by molar-refractivity contribution is 0.0475. The summed E-state index contributed by atoms with van der Waals surface area (Å²) in [6.07, 6.45) is 11.2. The molecule has 44 heavy (non-hydrogen) atoms. The zero-order chi connectivity index (χ0) is 33.0. The predicted octanol–water partition coefficient (Wildman–Crippen LogP) is 6.46. The fraction of sp³-hybridized carbons (Fsp3) is 1.00. The van der Waals surface area contributed by atoms with E-state index in [-0.39, 0.29) is 0 Å². The van der Waals surface area contributed by atoms with Crippen LogP contribution in [0.2, 0.25) is 0 Å². The highest BCUT2D eigenvalue weighted by Crippen LogP contribution is 2.42. The molecule has 5 heterocycles. The van der Waals surface area contributed by atoms with Crippen LogP contribution in [-0.4, -0.2) is 146 Å². The summed E-state index contributed by atoms with van der Waals surface area (Å²) < 4.78 is 0. The Kier molecular flexibility index (Phi) is 13.3. The van der Waals surface area contributed by atoms with Crippen molar-refractivity contribution in [2.45, 2.75) is 130 Å². The molecule has 2 spiro atoms. The van der Waals surface area contributed by atoms with E-state index >= 15 is 0 Å². The summed E-state index contributed by atoms with van der Waals surface area (Å²) in [5.41, 5.74) is 2.44. The Labute approximate surface area is 276 Å². The average molecular weight is 619 g/mol. The van der Waals surface area contributed by atoms with Crippen LogP contribution in [0.15, 0.2) is 0 Å². The van der Waals surface area contributed by atoms with Gasteiger partial charge in [-0.15, -0.1) is 0 Å². The normalized spacial score (nSPS) is 26.6. The summed E-state index contributed by atoms with van der Waals surface area (Å²) in [7, 11) is 8.88. The maximum Gasteiger partial charge on any atom is 0.0125 e. The molecule has 0 aromatic carbocycles. The summed E-state index contributed by atoms with van der Waals surface area (Å²) in [5.74, 6) is 0.920. The lowest BCUT2D eigenvalue weighted by Crippen LogP contribution is -2.49. The SMILES string of the molecule is CN(C)CC1CCN(C(C)(C)C)CC1.CN1CCC2(CC1)CCN(C(C)(C)C)C2.CN1CCC2(CCN(C(C)(C)C)CC2)C1. The molecule has 0 radical (unpaired) electrons. The Bertz CT molecular complexity index is 825. The van der Waals surface area contributed by atoms with Crippen LogP contribution in [-0.2, 0) is 0 Å². The molecule has 5 aliphatic rings. The van der Waals surface area contributed by atoms with Crippen LogP contribution in [0.25, 0.3) is 0 Å². The molecule has 5 saturated heterocycles. The van der Waals surface area contributed by atoms with Crippen molar-refractivity contribution in [3.05, 3.63) is 0 Å². The smallest absolute Gasteiger partial charge is 0.0125 e. The van der Waals surface area contributed by atoms with Gasteiger partial charge < -0.3 is 14.7 Å². The molecule has 0 aromatic heterocycles. The Balaban J connectivity index is 0.000000181. The fourth-order valence-corrected chi connectivity index (χ4v) is 8.53. The van der Waals surface area contributed by atoms with Crippen molar-refractivity contribution >= 4 is 0 Å². The van der Waals surface area contributed by atoms with Crippen LogP contribution in [0.1, 0.15) is 114 Å². The van der Waals surface area contributed by atoms with Gasteiger partial charge >= 0.3 is 0 Å². The van der Waals surface area contributed by atoms with Gasteiger partial charge in [0.2, 0.25) is 0 Å². The largest absolute Gasteiger partial charge is 0.309 e. The van der Waals surface area contributed by atoms with Gasteiger partial charge in [0.1, 0.15) is 0 Å². The van der Waals surface area contributed by atoms with E-state index in [1.54, 1.807) is 0 Å². The topological polar surface area (TPSA) is 19.4 Å². The highest BCUT2D eigenvalue weighted by atomic mass is 15.2. The molecular weight excluding hydrogens is 540 g/mol. The number of likely N-dealkylation sites (tertiary alicyclic amines) is 5. The molecule has 260 valence electrons. The Morgan fingerprint density at radius 3 is 1.25 bits per heavy atom. The minimum Gasteiger partial charge on any atom is -0.309 e. The zero-order valence-corrected chi connectivity index (χ0v) is 32.2. The summed E-state index contributed by atoms with van der Waals surface area (Å²) in [6.45, 7) is 35.4. The molecule has 0 saturated carbocycles. The van der Waals surface area contributed by atoms with Crippen molar-refractivity contribution in [2.75, 3.05) is 100 Å². The van der Waals surface area contributed by atoms with Gasteiger partial charge in [-0.2, -0.15) is 0 Å². The van der Waals surface area contributed by atoms with E-state index in [0.29, 0.717) is 27.4 Å². The second-order valence-electron chi connectivity index (χ2n) is 19.2. The van der Waals surface area contributed by atoms with Crippen molar-refractivity contribution in [1.82, 2.24) is 29.4 Å². The van der Waals surface area contributed by atoms with Gasteiger partial charge in [-0.1, -0.05) is 0 Å². The van der Waals surface area contributed by atoms with Crippen molar-refractivity contribution in [2.24, 2.45) is 16.7 Å². The molecule has 0 aliphatic carbocycles. The Hall–Kier alpha value is -0.240. The van der Waals surface area contributed by atoms with Crippen molar-refractivity contribution in [1.29, 1.82) is 0 Å². The van der Waals surface area contributed by atoms with Gasteiger partial charge in [0, 0.05) is 36.3 Å². The summed E-state index contributed by atoms with van der Waals surface area (Å²) >= 11 is 0. The van der Waals surface area contributed by atoms with E-state index in [4.69, 9.17) is 0 Å². The van der Waals surface area contributed by atoms with Crippen molar-refractivity contribution in [3.63, 3.8) is 0 Å². The number of hydrogen-bond donors (Lipinski definition) is 0. The molecule has 0 N–H and O–H groups in total. The van der Waals surface area contributed by atoms with E-state index in [0.717, 1.165) is 5.92 Å². The molecular formula is C38H78N6. The molecule has 6 nitrogen and oxygen atoms in total. The van der Waals surface area contributed by atoms with Crippen LogP contribution in [0.3, 0.4) is 0 Å². The summed E-state index contributed by atoms with van der Waals surface area (Å²) in [6, 6.07) is 0. The van der Waals surface area contributed by atoms with E-state index in [2.05, 4.69) is 120 Å². The van der Waals surface area contributed by atoms with Crippen LogP contribution in [0.4, 0.5) is 0 Å². The monoisotopic (exact) mass is 619 g/mol. The minimum absolute atomic E-state index is 0.364. The maximum absolute atomic E-state index is 2.68. The average Bonchev–Trinajstić information content (AvgIpc) is 3.50. The Morgan fingerprint density at radius 1 is 0.500 bits per heavy atom. The first-order valence-corrected chi connectivity index (χ1v) is 18.5. The van der Waals surface area contributed by atoms with Gasteiger partial charge in [0.05, 0.1) is 0 Å². The predicted molar refractivity (Wildman–Crippen MR) is 193 cm³/mol. The molecule has 5 fully saturated rings. The van der Waals surface area contributed by atoms with E-state index in [1.807, 2.05) is 0 Å².